The molecule has 20 heavy (non-hydrogen) atoms. The van der Waals surface area contributed by atoms with Crippen molar-refractivity contribution >= 4 is 17.2 Å². The van der Waals surface area contributed by atoms with Crippen LogP contribution in [0.2, 0.25) is 0 Å². The normalized spacial score (nSPS) is 22.5. The number of hydrogen-bond acceptors (Lipinski definition) is 4. The number of aliphatic hydroxyl groups excluding tert-OH is 1. The van der Waals surface area contributed by atoms with Crippen LogP contribution >= 0.6 is 11.3 Å². The maximum atomic E-state index is 12.6. The number of carbonyl (C=O) groups excluding carboxylic acids is 1. The lowest BCUT2D eigenvalue weighted by Crippen LogP contribution is -2.41. The SMILES string of the molecule is Cc1nc(CC(C)C)sc1C(=O)N(C)[C@@H]1CCC[C@H]1O. The average Bonchev–Trinajstić information content (AvgIpc) is 2.93. The van der Waals surface area contributed by atoms with Crippen LogP contribution in [0.4, 0.5) is 0 Å². The number of nitrogens with zero attached hydrogens (tertiary/aromatic N) is 2. The molecule has 1 aliphatic rings. The molecule has 112 valence electrons. The second-order valence-electron chi connectivity index (χ2n) is 6.10. The molecule has 0 aliphatic heterocycles. The van der Waals surface area contributed by atoms with Crippen LogP contribution in [0.25, 0.3) is 0 Å². The monoisotopic (exact) mass is 296 g/mol. The highest BCUT2D eigenvalue weighted by Gasteiger charge is 2.32. The fourth-order valence-electron chi connectivity index (χ4n) is 2.77. The number of carbonyl (C=O) groups is 1. The van der Waals surface area contributed by atoms with Crippen LogP contribution in [0.1, 0.15) is 53.5 Å². The van der Waals surface area contributed by atoms with E-state index in [2.05, 4.69) is 18.8 Å². The molecule has 2 rings (SSSR count). The Morgan fingerprint density at radius 2 is 2.20 bits per heavy atom. The molecule has 0 saturated heterocycles. The summed E-state index contributed by atoms with van der Waals surface area (Å²) in [6, 6.07) is -0.0439. The van der Waals surface area contributed by atoms with Crippen molar-refractivity contribution in [3.05, 3.63) is 15.6 Å². The predicted octanol–water partition coefficient (Wildman–Crippen LogP) is 2.64. The van der Waals surface area contributed by atoms with Crippen molar-refractivity contribution in [1.29, 1.82) is 0 Å². The van der Waals surface area contributed by atoms with Crippen molar-refractivity contribution < 1.29 is 9.90 Å². The van der Waals surface area contributed by atoms with Gasteiger partial charge in [0.15, 0.2) is 0 Å². The third-order valence-corrected chi connectivity index (χ3v) is 5.05. The van der Waals surface area contributed by atoms with Crippen LogP contribution < -0.4 is 0 Å². The van der Waals surface area contributed by atoms with Gasteiger partial charge < -0.3 is 10.0 Å². The third-order valence-electron chi connectivity index (χ3n) is 3.88. The average molecular weight is 296 g/mol. The molecule has 1 amide bonds. The number of thiazole rings is 1. The molecule has 0 spiro atoms. The van der Waals surface area contributed by atoms with Gasteiger partial charge in [0, 0.05) is 13.5 Å². The van der Waals surface area contributed by atoms with E-state index in [1.165, 1.54) is 11.3 Å². The first-order valence-electron chi connectivity index (χ1n) is 7.31. The Balaban J connectivity index is 2.14. The van der Waals surface area contributed by atoms with Gasteiger partial charge in [-0.25, -0.2) is 4.98 Å². The molecule has 2 atom stereocenters. The summed E-state index contributed by atoms with van der Waals surface area (Å²) in [5.41, 5.74) is 0.815. The summed E-state index contributed by atoms with van der Waals surface area (Å²) in [5.74, 6) is 0.541. The number of aliphatic hydroxyl groups is 1. The molecule has 1 aliphatic carbocycles. The summed E-state index contributed by atoms with van der Waals surface area (Å²) in [6.07, 6.45) is 3.20. The highest BCUT2D eigenvalue weighted by atomic mass is 32.1. The van der Waals surface area contributed by atoms with Gasteiger partial charge in [-0.2, -0.15) is 0 Å². The van der Waals surface area contributed by atoms with Crippen molar-refractivity contribution in [2.75, 3.05) is 7.05 Å². The Kier molecular flexibility index (Phi) is 4.81. The molecule has 1 heterocycles. The van der Waals surface area contributed by atoms with Gasteiger partial charge in [-0.1, -0.05) is 13.8 Å². The number of aromatic nitrogens is 1. The smallest absolute Gasteiger partial charge is 0.265 e. The first-order chi connectivity index (χ1) is 9.40. The summed E-state index contributed by atoms with van der Waals surface area (Å²) in [6.45, 7) is 6.20. The van der Waals surface area contributed by atoms with E-state index in [1.54, 1.807) is 11.9 Å². The predicted molar refractivity (Wildman–Crippen MR) is 81.1 cm³/mol. The van der Waals surface area contributed by atoms with Gasteiger partial charge in [0.25, 0.3) is 5.91 Å². The molecular weight excluding hydrogens is 272 g/mol. The van der Waals surface area contributed by atoms with Crippen molar-refractivity contribution in [3.8, 4) is 0 Å². The topological polar surface area (TPSA) is 53.4 Å². The lowest BCUT2D eigenvalue weighted by atomic mass is 10.1. The second-order valence-corrected chi connectivity index (χ2v) is 7.19. The molecule has 0 radical (unpaired) electrons. The van der Waals surface area contributed by atoms with E-state index in [1.807, 2.05) is 6.92 Å². The van der Waals surface area contributed by atoms with E-state index < -0.39 is 0 Å². The van der Waals surface area contributed by atoms with Crippen LogP contribution in [-0.2, 0) is 6.42 Å². The third kappa shape index (κ3) is 3.20. The van der Waals surface area contributed by atoms with E-state index in [9.17, 15) is 9.90 Å². The lowest BCUT2D eigenvalue weighted by Gasteiger charge is -2.26. The standard InChI is InChI=1S/C15H24N2O2S/c1-9(2)8-13-16-10(3)14(20-13)15(19)17(4)11-6-5-7-12(11)18/h9,11-12,18H,5-8H2,1-4H3/t11-,12-/m1/s1. The molecule has 0 aromatic carbocycles. The quantitative estimate of drug-likeness (QED) is 0.929. The zero-order chi connectivity index (χ0) is 14.9. The first-order valence-corrected chi connectivity index (χ1v) is 8.13. The zero-order valence-electron chi connectivity index (χ0n) is 12.7. The van der Waals surface area contributed by atoms with Crippen LogP contribution in [0.15, 0.2) is 0 Å². The molecule has 1 fully saturated rings. The van der Waals surface area contributed by atoms with Gasteiger partial charge in [0.05, 0.1) is 22.8 Å². The minimum atomic E-state index is -0.382. The van der Waals surface area contributed by atoms with Crippen molar-refractivity contribution in [2.24, 2.45) is 5.92 Å². The Bertz CT molecular complexity index is 484. The van der Waals surface area contributed by atoms with Gasteiger partial charge in [-0.05, 0) is 32.1 Å². The first kappa shape index (κ1) is 15.4. The minimum absolute atomic E-state index is 0.000885. The van der Waals surface area contributed by atoms with E-state index in [4.69, 9.17) is 0 Å². The Hall–Kier alpha value is -0.940. The van der Waals surface area contributed by atoms with Crippen molar-refractivity contribution in [2.45, 2.75) is 58.6 Å². The summed E-state index contributed by atoms with van der Waals surface area (Å²) in [7, 11) is 1.79. The minimum Gasteiger partial charge on any atom is -0.391 e. The van der Waals surface area contributed by atoms with Crippen LogP contribution in [0.5, 0.6) is 0 Å². The second kappa shape index (κ2) is 6.22. The molecule has 1 N–H and O–H groups in total. The number of rotatable bonds is 4. The van der Waals surface area contributed by atoms with Gasteiger partial charge in [0.1, 0.15) is 4.88 Å². The van der Waals surface area contributed by atoms with Crippen molar-refractivity contribution in [1.82, 2.24) is 9.88 Å². The molecule has 5 heteroatoms. The fraction of sp³-hybridized carbons (Fsp3) is 0.733. The largest absolute Gasteiger partial charge is 0.391 e. The van der Waals surface area contributed by atoms with Crippen LogP contribution in [0.3, 0.4) is 0 Å². The van der Waals surface area contributed by atoms with Gasteiger partial charge in [-0.3, -0.25) is 4.79 Å². The molecule has 1 aromatic heterocycles. The number of hydrogen-bond donors (Lipinski definition) is 1. The van der Waals surface area contributed by atoms with Crippen LogP contribution in [0, 0.1) is 12.8 Å². The number of amides is 1. The van der Waals surface area contributed by atoms with Gasteiger partial charge >= 0.3 is 0 Å². The molecular formula is C15H24N2O2S. The highest BCUT2D eigenvalue weighted by molar-refractivity contribution is 7.13. The van der Waals surface area contributed by atoms with E-state index in [-0.39, 0.29) is 18.1 Å². The Morgan fingerprint density at radius 3 is 2.75 bits per heavy atom. The van der Waals surface area contributed by atoms with Crippen molar-refractivity contribution in [3.63, 3.8) is 0 Å². The molecule has 4 nitrogen and oxygen atoms in total. The van der Waals surface area contributed by atoms with Gasteiger partial charge in [-0.15, -0.1) is 11.3 Å². The van der Waals surface area contributed by atoms with Crippen LogP contribution in [-0.4, -0.2) is 40.1 Å². The van der Waals surface area contributed by atoms with E-state index in [0.29, 0.717) is 5.92 Å². The molecule has 1 saturated carbocycles. The Morgan fingerprint density at radius 1 is 1.50 bits per heavy atom. The summed E-state index contributed by atoms with van der Waals surface area (Å²) in [5, 5.41) is 11.0. The van der Waals surface area contributed by atoms with Gasteiger partial charge in [0.2, 0.25) is 0 Å². The number of aryl methyl sites for hydroxylation is 1. The lowest BCUT2D eigenvalue weighted by molar-refractivity contribution is 0.0542. The maximum absolute atomic E-state index is 12.6. The summed E-state index contributed by atoms with van der Waals surface area (Å²) >= 11 is 1.50. The molecule has 0 unspecified atom stereocenters. The fourth-order valence-corrected chi connectivity index (χ4v) is 4.03. The highest BCUT2D eigenvalue weighted by Crippen LogP contribution is 2.27. The molecule has 0 bridgehead atoms. The summed E-state index contributed by atoms with van der Waals surface area (Å²) in [4.78, 5) is 19.5. The summed E-state index contributed by atoms with van der Waals surface area (Å²) < 4.78 is 0. The Labute approximate surface area is 124 Å². The van der Waals surface area contributed by atoms with E-state index in [0.717, 1.165) is 41.3 Å². The number of likely N-dealkylation sites (N-methyl/N-ethyl adjacent to an activating group) is 1. The maximum Gasteiger partial charge on any atom is 0.265 e. The zero-order valence-corrected chi connectivity index (χ0v) is 13.5. The van der Waals surface area contributed by atoms with E-state index >= 15 is 0 Å². The molecule has 1 aromatic rings.